The van der Waals surface area contributed by atoms with Gasteiger partial charge in [-0.15, -0.1) is 0 Å². The predicted octanol–water partition coefficient (Wildman–Crippen LogP) is 2.96. The lowest BCUT2D eigenvalue weighted by atomic mass is 9.97. The molecule has 2 aromatic carbocycles. The van der Waals surface area contributed by atoms with Crippen molar-refractivity contribution < 1.29 is 37.8 Å². The number of nitrogens with zero attached hydrogens (tertiary/aromatic N) is 4. The number of aromatic nitrogens is 2. The van der Waals surface area contributed by atoms with Crippen molar-refractivity contribution in [3.8, 4) is 40.5 Å². The van der Waals surface area contributed by atoms with E-state index >= 15 is 0 Å². The van der Waals surface area contributed by atoms with Gasteiger partial charge in [-0.25, -0.2) is 19.6 Å². The lowest BCUT2D eigenvalue weighted by Crippen LogP contribution is -2.46. The molecule has 57 heavy (non-hydrogen) atoms. The van der Waals surface area contributed by atoms with Crippen LogP contribution in [-0.2, 0) is 34.4 Å². The van der Waals surface area contributed by atoms with Crippen LogP contribution in [0.1, 0.15) is 30.7 Å². The quantitative estimate of drug-likeness (QED) is 0.0673. The molecule has 6 N–H and O–H groups in total. The van der Waals surface area contributed by atoms with Crippen molar-refractivity contribution in [2.24, 2.45) is 0 Å². The fourth-order valence-corrected chi connectivity index (χ4v) is 6.04. The highest BCUT2D eigenvalue weighted by Gasteiger charge is 2.26. The second-order valence-electron chi connectivity index (χ2n) is 12.3. The van der Waals surface area contributed by atoms with Crippen LogP contribution in [0.15, 0.2) is 64.2 Å². The molecular weight excluding hydrogens is 778 g/mol. The number of ether oxygens (including phenoxy) is 3. The first-order valence-corrected chi connectivity index (χ1v) is 18.7. The van der Waals surface area contributed by atoms with E-state index in [0.29, 0.717) is 27.9 Å². The predicted molar refractivity (Wildman–Crippen MR) is 209 cm³/mol. The smallest absolute Gasteiger partial charge is 0.328 e. The van der Waals surface area contributed by atoms with E-state index < -0.39 is 48.5 Å². The lowest BCUT2D eigenvalue weighted by Gasteiger charge is -2.22. The number of carbonyl (C=O) groups excluding carboxylic acids is 4. The number of amides is 2. The van der Waals surface area contributed by atoms with Crippen molar-refractivity contribution >= 4 is 52.9 Å². The lowest BCUT2D eigenvalue weighted by molar-refractivity contribution is -0.163. The Morgan fingerprint density at radius 1 is 0.860 bits per heavy atom. The molecular formula is C38H40ClN9O8S. The molecule has 2 aromatic heterocycles. The van der Waals surface area contributed by atoms with Crippen LogP contribution < -0.4 is 31.7 Å². The summed E-state index contributed by atoms with van der Waals surface area (Å²) in [6.45, 7) is 2.12. The largest absolute Gasteiger partial charge is 0.490 e. The molecule has 298 valence electrons. The first-order valence-electron chi connectivity index (χ1n) is 17.3. The van der Waals surface area contributed by atoms with Crippen molar-refractivity contribution in [3.63, 3.8) is 0 Å². The van der Waals surface area contributed by atoms with Crippen LogP contribution in [-0.4, -0.2) is 92.3 Å². The number of anilines is 1. The fraction of sp³-hybridized carbons (Fsp3) is 0.316. The molecule has 0 bridgehead atoms. The van der Waals surface area contributed by atoms with Gasteiger partial charge in [-0.05, 0) is 69.9 Å². The zero-order valence-corrected chi connectivity index (χ0v) is 33.0. The van der Waals surface area contributed by atoms with E-state index in [1.807, 2.05) is 0 Å². The van der Waals surface area contributed by atoms with E-state index in [4.69, 9.17) is 36.0 Å². The summed E-state index contributed by atoms with van der Waals surface area (Å²) in [5.74, 6) is -1.54. The number of oxazole rings is 1. The number of hydrogen-bond acceptors (Lipinski definition) is 16. The van der Waals surface area contributed by atoms with Gasteiger partial charge >= 0.3 is 11.9 Å². The molecule has 0 aliphatic rings. The van der Waals surface area contributed by atoms with E-state index in [1.165, 1.54) is 31.9 Å². The Morgan fingerprint density at radius 3 is 2.05 bits per heavy atom. The molecule has 0 spiro atoms. The molecule has 0 saturated carbocycles. The number of nitrogen functional groups attached to an aromatic ring is 1. The van der Waals surface area contributed by atoms with Gasteiger partial charge in [0.25, 0.3) is 0 Å². The average molecular weight is 818 g/mol. The molecule has 4 aromatic rings. The van der Waals surface area contributed by atoms with E-state index in [2.05, 4.69) is 43.4 Å². The van der Waals surface area contributed by atoms with Crippen LogP contribution in [0.5, 0.6) is 5.75 Å². The Balaban J connectivity index is 1.49. The minimum absolute atomic E-state index is 0.0110. The van der Waals surface area contributed by atoms with Crippen molar-refractivity contribution in [2.75, 3.05) is 46.1 Å². The zero-order valence-electron chi connectivity index (χ0n) is 31.4. The number of rotatable bonds is 19. The molecule has 0 aliphatic heterocycles. The third-order valence-electron chi connectivity index (χ3n) is 7.83. The highest BCUT2D eigenvalue weighted by Crippen LogP contribution is 2.37. The van der Waals surface area contributed by atoms with Crippen LogP contribution in [0.25, 0.3) is 22.6 Å². The highest BCUT2D eigenvalue weighted by molar-refractivity contribution is 7.98. The second-order valence-corrected chi connectivity index (χ2v) is 13.7. The summed E-state index contributed by atoms with van der Waals surface area (Å²) in [5.41, 5.74) is 8.42. The highest BCUT2D eigenvalue weighted by atomic mass is 35.5. The van der Waals surface area contributed by atoms with Gasteiger partial charge < -0.3 is 45.6 Å². The van der Waals surface area contributed by atoms with Crippen LogP contribution in [0.2, 0.25) is 5.02 Å². The molecule has 4 rings (SSSR count). The van der Waals surface area contributed by atoms with Gasteiger partial charge in [-0.2, -0.15) is 10.5 Å². The number of likely N-dealkylation sites (N-methyl/N-ethyl adjacent to an activating group) is 2. The molecule has 0 radical (unpaired) electrons. The van der Waals surface area contributed by atoms with Gasteiger partial charge in [-0.3, -0.25) is 9.59 Å². The number of nitrogens with two attached hydrogens (primary N) is 1. The molecule has 19 heteroatoms. The van der Waals surface area contributed by atoms with E-state index in [0.717, 1.165) is 5.56 Å². The Labute approximate surface area is 337 Å². The number of thioether (sulfide) groups is 1. The van der Waals surface area contributed by atoms with Crippen molar-refractivity contribution in [1.29, 1.82) is 10.5 Å². The fourth-order valence-electron chi connectivity index (χ4n) is 5.05. The summed E-state index contributed by atoms with van der Waals surface area (Å²) in [6.07, 6.45) is 0.369. The van der Waals surface area contributed by atoms with Crippen LogP contribution in [0, 0.1) is 22.7 Å². The summed E-state index contributed by atoms with van der Waals surface area (Å²) in [5, 5.41) is 31.5. The molecule has 17 nitrogen and oxygen atoms in total. The number of esters is 2. The number of carbonyl (C=O) groups is 4. The van der Waals surface area contributed by atoms with E-state index in [1.54, 1.807) is 62.6 Å². The second kappa shape index (κ2) is 21.2. The van der Waals surface area contributed by atoms with Crippen LogP contribution in [0.3, 0.4) is 0 Å². The maximum atomic E-state index is 12.9. The SMILES string of the molecule is CNCC(=O)N[C@@H](C)C(=O)OC[C@H](COc1ccc(-c2c(C#N)c(N)nc(SCc3coc(-c4ccc(Cl)cc4)n3)c2C#N)cc1)OC(=O)[C@H](C)NC(=O)CNC. The van der Waals surface area contributed by atoms with Crippen LogP contribution in [0.4, 0.5) is 5.82 Å². The Bertz CT molecular complexity index is 2140. The van der Waals surface area contributed by atoms with Crippen molar-refractivity contribution in [2.45, 2.75) is 42.8 Å². The number of hydrogen-bond donors (Lipinski definition) is 5. The first kappa shape index (κ1) is 43.5. The standard InChI is InChI=1S/C38H40ClN9O8S/c1-21(45-31(49)15-43-3)37(51)55-19-28(56-38(52)22(2)46-32(50)16-44-4)18-53-27-11-7-23(8-12-27)33-29(13-40)34(42)48-36(30(33)14-41)57-20-26-17-54-35(47-26)24-5-9-25(39)10-6-24/h5-12,17,21-22,28,43-44H,15-16,18-20H2,1-4H3,(H2,42,48)(H,45,49)(H,46,50)/t21-,22-,28-/m0/s1. The number of benzene rings is 2. The normalized spacial score (nSPS) is 12.3. The van der Waals surface area contributed by atoms with Crippen LogP contribution >= 0.6 is 23.4 Å². The van der Waals surface area contributed by atoms with Gasteiger partial charge in [0.15, 0.2) is 6.10 Å². The minimum Gasteiger partial charge on any atom is -0.490 e. The molecule has 0 saturated heterocycles. The summed E-state index contributed by atoms with van der Waals surface area (Å²) in [6, 6.07) is 15.6. The first-order chi connectivity index (χ1) is 27.4. The molecule has 0 aliphatic carbocycles. The molecule has 0 unspecified atom stereocenters. The molecule has 2 amide bonds. The Kier molecular flexibility index (Phi) is 16.2. The monoisotopic (exact) mass is 817 g/mol. The summed E-state index contributed by atoms with van der Waals surface area (Å²) < 4.78 is 22.4. The van der Waals surface area contributed by atoms with Gasteiger partial charge in [0.05, 0.1) is 24.3 Å². The minimum atomic E-state index is -1.13. The van der Waals surface area contributed by atoms with Crippen molar-refractivity contribution in [3.05, 3.63) is 76.6 Å². The van der Waals surface area contributed by atoms with Crippen molar-refractivity contribution in [1.82, 2.24) is 31.2 Å². The maximum Gasteiger partial charge on any atom is 0.328 e. The van der Waals surface area contributed by atoms with E-state index in [-0.39, 0.29) is 53.0 Å². The summed E-state index contributed by atoms with van der Waals surface area (Å²) in [7, 11) is 3.16. The van der Waals surface area contributed by atoms with E-state index in [9.17, 15) is 29.7 Å². The number of nitriles is 2. The van der Waals surface area contributed by atoms with Gasteiger partial charge in [-0.1, -0.05) is 35.5 Å². The maximum absolute atomic E-state index is 12.9. The third kappa shape index (κ3) is 12.4. The van der Waals surface area contributed by atoms with Gasteiger partial charge in [0.1, 0.15) is 65.9 Å². The average Bonchev–Trinajstić information content (AvgIpc) is 3.67. The Morgan fingerprint density at radius 2 is 1.46 bits per heavy atom. The molecule has 3 atom stereocenters. The molecule has 2 heterocycles. The third-order valence-corrected chi connectivity index (χ3v) is 9.09. The summed E-state index contributed by atoms with van der Waals surface area (Å²) >= 11 is 7.19. The van der Waals surface area contributed by atoms with Gasteiger partial charge in [0, 0.05) is 21.9 Å². The topological polar surface area (TPSA) is 257 Å². The number of nitrogens with one attached hydrogen (secondary N) is 4. The number of pyridine rings is 1. The van der Waals surface area contributed by atoms with Gasteiger partial charge in [0.2, 0.25) is 17.7 Å². The number of halogens is 1. The Hall–Kier alpha value is -6.18. The summed E-state index contributed by atoms with van der Waals surface area (Å²) in [4.78, 5) is 58.3. The zero-order chi connectivity index (χ0) is 41.5. The molecule has 0 fully saturated rings.